The Morgan fingerprint density at radius 2 is 1.64 bits per heavy atom. The highest BCUT2D eigenvalue weighted by atomic mass is 35.5. The van der Waals surface area contributed by atoms with E-state index in [-0.39, 0.29) is 5.91 Å². The van der Waals surface area contributed by atoms with Gasteiger partial charge in [-0.2, -0.15) is 0 Å². The van der Waals surface area contributed by atoms with E-state index in [2.05, 4.69) is 15.3 Å². The van der Waals surface area contributed by atoms with Crippen molar-refractivity contribution in [2.75, 3.05) is 5.32 Å². The molecular formula is C22H17Cl2N3O. The normalized spacial score (nSPS) is 11.0. The van der Waals surface area contributed by atoms with Gasteiger partial charge >= 0.3 is 0 Å². The number of carbonyl (C=O) groups is 1. The van der Waals surface area contributed by atoms with E-state index in [0.29, 0.717) is 21.3 Å². The number of amides is 1. The van der Waals surface area contributed by atoms with Crippen LogP contribution in [0.25, 0.3) is 22.4 Å². The first-order valence-corrected chi connectivity index (χ1v) is 9.50. The summed E-state index contributed by atoms with van der Waals surface area (Å²) in [5, 5.41) is 4.15. The van der Waals surface area contributed by atoms with Crippen LogP contribution in [-0.2, 0) is 0 Å². The highest BCUT2D eigenvalue weighted by Gasteiger charge is 2.10. The van der Waals surface area contributed by atoms with Crippen molar-refractivity contribution in [2.45, 2.75) is 13.8 Å². The second-order valence-electron chi connectivity index (χ2n) is 6.70. The lowest BCUT2D eigenvalue weighted by Gasteiger charge is -2.07. The van der Waals surface area contributed by atoms with E-state index in [1.165, 1.54) is 0 Å². The van der Waals surface area contributed by atoms with Gasteiger partial charge < -0.3 is 10.3 Å². The molecule has 1 aromatic heterocycles. The lowest BCUT2D eigenvalue weighted by Crippen LogP contribution is -2.11. The number of aromatic amines is 1. The summed E-state index contributed by atoms with van der Waals surface area (Å²) >= 11 is 12.3. The maximum Gasteiger partial charge on any atom is 0.255 e. The lowest BCUT2D eigenvalue weighted by atomic mass is 10.1. The summed E-state index contributed by atoms with van der Waals surface area (Å²) in [6, 6.07) is 16.6. The molecule has 0 atom stereocenters. The minimum absolute atomic E-state index is 0.205. The third-order valence-corrected chi connectivity index (χ3v) is 5.43. The maximum absolute atomic E-state index is 12.4. The van der Waals surface area contributed by atoms with Crippen molar-refractivity contribution in [3.05, 3.63) is 81.3 Å². The fourth-order valence-electron chi connectivity index (χ4n) is 2.93. The number of fused-ring (bicyclic) bond motifs is 1. The van der Waals surface area contributed by atoms with Crippen LogP contribution in [-0.4, -0.2) is 15.9 Å². The van der Waals surface area contributed by atoms with E-state index in [1.807, 2.05) is 56.3 Å². The van der Waals surface area contributed by atoms with E-state index < -0.39 is 0 Å². The highest BCUT2D eigenvalue weighted by molar-refractivity contribution is 6.32. The van der Waals surface area contributed by atoms with Crippen LogP contribution < -0.4 is 5.32 Å². The number of hydrogen-bond acceptors (Lipinski definition) is 2. The summed E-state index contributed by atoms with van der Waals surface area (Å²) in [7, 11) is 0. The van der Waals surface area contributed by atoms with E-state index in [4.69, 9.17) is 23.2 Å². The molecule has 0 saturated heterocycles. The lowest BCUT2D eigenvalue weighted by molar-refractivity contribution is 0.102. The van der Waals surface area contributed by atoms with Crippen molar-refractivity contribution in [1.82, 2.24) is 9.97 Å². The standard InChI is InChI=1S/C22H17Cl2N3O/c1-12-3-4-15(10-17(12)23)22(28)25-16-7-5-14(6-8-16)21-26-19-9-13(2)18(24)11-20(19)27-21/h3-11H,1-2H3,(H,25,28)(H,26,27). The van der Waals surface area contributed by atoms with E-state index in [0.717, 1.165) is 33.5 Å². The van der Waals surface area contributed by atoms with Crippen molar-refractivity contribution in [3.8, 4) is 11.4 Å². The van der Waals surface area contributed by atoms with Crippen molar-refractivity contribution in [2.24, 2.45) is 0 Å². The zero-order valence-electron chi connectivity index (χ0n) is 15.3. The van der Waals surface area contributed by atoms with Gasteiger partial charge in [0.15, 0.2) is 0 Å². The molecule has 28 heavy (non-hydrogen) atoms. The number of carbonyl (C=O) groups excluding carboxylic acids is 1. The molecule has 0 aliphatic heterocycles. The van der Waals surface area contributed by atoms with Crippen molar-refractivity contribution < 1.29 is 4.79 Å². The second kappa shape index (κ2) is 7.30. The Labute approximate surface area is 172 Å². The van der Waals surface area contributed by atoms with Crippen LogP contribution >= 0.6 is 23.2 Å². The third-order valence-electron chi connectivity index (χ3n) is 4.61. The number of anilines is 1. The summed E-state index contributed by atoms with van der Waals surface area (Å²) in [5.74, 6) is 0.545. The number of aryl methyl sites for hydroxylation is 2. The minimum Gasteiger partial charge on any atom is -0.338 e. The number of rotatable bonds is 3. The molecule has 4 aromatic rings. The number of halogens is 2. The SMILES string of the molecule is Cc1ccc(C(=O)Nc2ccc(-c3nc4cc(Cl)c(C)cc4[nH]3)cc2)cc1Cl. The predicted octanol–water partition coefficient (Wildman–Crippen LogP) is 6.41. The van der Waals surface area contributed by atoms with Gasteiger partial charge in [0.05, 0.1) is 11.0 Å². The Bertz CT molecular complexity index is 1160. The number of imidazole rings is 1. The second-order valence-corrected chi connectivity index (χ2v) is 7.51. The average Bonchev–Trinajstić information content (AvgIpc) is 3.07. The fraction of sp³-hybridized carbons (Fsp3) is 0.0909. The largest absolute Gasteiger partial charge is 0.338 e. The van der Waals surface area contributed by atoms with E-state index in [9.17, 15) is 4.79 Å². The molecule has 0 saturated carbocycles. The van der Waals surface area contributed by atoms with Gasteiger partial charge in [-0.1, -0.05) is 29.3 Å². The molecule has 4 nitrogen and oxygen atoms in total. The Kier molecular flexibility index (Phi) is 4.84. The topological polar surface area (TPSA) is 57.8 Å². The number of nitrogens with one attached hydrogen (secondary N) is 2. The summed E-state index contributed by atoms with van der Waals surface area (Å²) in [6.07, 6.45) is 0. The molecule has 4 rings (SSSR count). The first-order chi connectivity index (χ1) is 13.4. The van der Waals surface area contributed by atoms with Crippen LogP contribution in [0, 0.1) is 13.8 Å². The van der Waals surface area contributed by atoms with Gasteiger partial charge in [-0.25, -0.2) is 4.98 Å². The Morgan fingerprint density at radius 3 is 2.36 bits per heavy atom. The summed E-state index contributed by atoms with van der Waals surface area (Å²) < 4.78 is 0. The molecule has 0 aliphatic rings. The molecule has 0 unspecified atom stereocenters. The van der Waals surface area contributed by atoms with Crippen LogP contribution in [0.2, 0.25) is 10.0 Å². The van der Waals surface area contributed by atoms with E-state index >= 15 is 0 Å². The Balaban J connectivity index is 1.55. The van der Waals surface area contributed by atoms with Crippen molar-refractivity contribution in [1.29, 1.82) is 0 Å². The molecule has 0 fully saturated rings. The first kappa shape index (κ1) is 18.5. The molecule has 0 spiro atoms. The number of nitrogens with zero attached hydrogens (tertiary/aromatic N) is 1. The first-order valence-electron chi connectivity index (χ1n) is 8.74. The Morgan fingerprint density at radius 1 is 0.929 bits per heavy atom. The average molecular weight is 410 g/mol. The molecule has 2 N–H and O–H groups in total. The van der Waals surface area contributed by atoms with Crippen LogP contribution in [0.15, 0.2) is 54.6 Å². The summed E-state index contributed by atoms with van der Waals surface area (Å²) in [4.78, 5) is 20.3. The van der Waals surface area contributed by atoms with Gasteiger partial charge in [0.2, 0.25) is 0 Å². The number of hydrogen-bond donors (Lipinski definition) is 2. The fourth-order valence-corrected chi connectivity index (χ4v) is 3.26. The van der Waals surface area contributed by atoms with Crippen LogP contribution in [0.3, 0.4) is 0 Å². The molecule has 1 heterocycles. The number of H-pyrrole nitrogens is 1. The predicted molar refractivity (Wildman–Crippen MR) is 115 cm³/mol. The van der Waals surface area contributed by atoms with Crippen molar-refractivity contribution >= 4 is 45.8 Å². The van der Waals surface area contributed by atoms with Gasteiger partial charge in [0, 0.05) is 26.9 Å². The molecule has 3 aromatic carbocycles. The molecule has 140 valence electrons. The molecule has 1 amide bonds. The van der Waals surface area contributed by atoms with E-state index in [1.54, 1.807) is 12.1 Å². The Hall–Kier alpha value is -2.82. The van der Waals surface area contributed by atoms with Crippen LogP contribution in [0.5, 0.6) is 0 Å². The zero-order valence-corrected chi connectivity index (χ0v) is 16.8. The number of benzene rings is 3. The monoisotopic (exact) mass is 409 g/mol. The summed E-state index contributed by atoms with van der Waals surface area (Å²) in [5.41, 5.74) is 5.82. The van der Waals surface area contributed by atoms with Gasteiger partial charge in [-0.15, -0.1) is 0 Å². The van der Waals surface area contributed by atoms with Gasteiger partial charge in [-0.05, 0) is 73.5 Å². The molecule has 0 aliphatic carbocycles. The minimum atomic E-state index is -0.205. The third kappa shape index (κ3) is 3.61. The smallest absolute Gasteiger partial charge is 0.255 e. The molecule has 0 radical (unpaired) electrons. The quantitative estimate of drug-likeness (QED) is 0.410. The summed E-state index contributed by atoms with van der Waals surface area (Å²) in [6.45, 7) is 3.86. The number of aromatic nitrogens is 2. The van der Waals surface area contributed by atoms with Crippen LogP contribution in [0.4, 0.5) is 5.69 Å². The molecule has 6 heteroatoms. The van der Waals surface area contributed by atoms with Crippen LogP contribution in [0.1, 0.15) is 21.5 Å². The van der Waals surface area contributed by atoms with Gasteiger partial charge in [0.1, 0.15) is 5.82 Å². The van der Waals surface area contributed by atoms with Gasteiger partial charge in [-0.3, -0.25) is 4.79 Å². The highest BCUT2D eigenvalue weighted by Crippen LogP contribution is 2.26. The molecular weight excluding hydrogens is 393 g/mol. The maximum atomic E-state index is 12.4. The zero-order chi connectivity index (χ0) is 19.8. The van der Waals surface area contributed by atoms with Gasteiger partial charge in [0.25, 0.3) is 5.91 Å². The van der Waals surface area contributed by atoms with Crippen molar-refractivity contribution in [3.63, 3.8) is 0 Å². The molecule has 0 bridgehead atoms.